The van der Waals surface area contributed by atoms with E-state index in [1.807, 2.05) is 0 Å². The number of hydrogen-bond donors (Lipinski definition) is 0. The molecule has 0 saturated heterocycles. The van der Waals surface area contributed by atoms with Crippen molar-refractivity contribution in [3.05, 3.63) is 35.4 Å². The zero-order chi connectivity index (χ0) is 17.9. The maximum absolute atomic E-state index is 11.6. The van der Waals surface area contributed by atoms with E-state index in [0.29, 0.717) is 25.2 Å². The molecule has 4 heteroatoms. The quantitative estimate of drug-likeness (QED) is 0.763. The van der Waals surface area contributed by atoms with Gasteiger partial charge in [-0.25, -0.2) is 0 Å². The van der Waals surface area contributed by atoms with E-state index in [4.69, 9.17) is 9.47 Å². The largest absolute Gasteiger partial charge is 0.460 e. The summed E-state index contributed by atoms with van der Waals surface area (Å²) in [6.07, 6.45) is 4.00. The number of carbonyl (C=O) groups is 2. The smallest absolute Gasteiger partial charge is 0.302 e. The molecule has 1 saturated carbocycles. The standard InChI is InChI=1S/C12H20O4.C8H10/c1-9(13)16-11(8-15-2)7-10-5-3-4-6-12(10)14;1-7-3-5-8(2)6-4-7/h10-11H,3-8H2,1-2H3;3-6H,1-2H3. The van der Waals surface area contributed by atoms with Crippen molar-refractivity contribution in [2.45, 2.75) is 59.0 Å². The molecule has 0 bridgehead atoms. The summed E-state index contributed by atoms with van der Waals surface area (Å²) in [7, 11) is 1.57. The van der Waals surface area contributed by atoms with Crippen LogP contribution in [0.4, 0.5) is 0 Å². The Morgan fingerprint density at radius 2 is 1.75 bits per heavy atom. The molecule has 1 aliphatic rings. The van der Waals surface area contributed by atoms with Crippen molar-refractivity contribution in [3.8, 4) is 0 Å². The number of hydrogen-bond acceptors (Lipinski definition) is 4. The molecular formula is C20H30O4. The highest BCUT2D eigenvalue weighted by atomic mass is 16.6. The first-order chi connectivity index (χ1) is 11.4. The molecule has 0 aliphatic heterocycles. The van der Waals surface area contributed by atoms with Gasteiger partial charge in [0.05, 0.1) is 6.61 Å². The fourth-order valence-corrected chi connectivity index (χ4v) is 2.83. The number of ketones is 1. The summed E-state index contributed by atoms with van der Waals surface area (Å²) >= 11 is 0. The lowest BCUT2D eigenvalue weighted by molar-refractivity contribution is -0.151. The molecule has 1 aromatic rings. The molecule has 1 aliphatic carbocycles. The van der Waals surface area contributed by atoms with Crippen LogP contribution in [0.3, 0.4) is 0 Å². The maximum atomic E-state index is 11.6. The number of rotatable bonds is 5. The van der Waals surface area contributed by atoms with Gasteiger partial charge < -0.3 is 9.47 Å². The molecule has 0 spiro atoms. The topological polar surface area (TPSA) is 52.6 Å². The minimum atomic E-state index is -0.315. The van der Waals surface area contributed by atoms with Crippen molar-refractivity contribution in [3.63, 3.8) is 0 Å². The second-order valence-electron chi connectivity index (χ2n) is 6.49. The van der Waals surface area contributed by atoms with Crippen LogP contribution in [0.15, 0.2) is 24.3 Å². The van der Waals surface area contributed by atoms with Crippen LogP contribution in [-0.4, -0.2) is 31.6 Å². The average Bonchev–Trinajstić information content (AvgIpc) is 2.53. The van der Waals surface area contributed by atoms with Gasteiger partial charge in [0.1, 0.15) is 11.9 Å². The third-order valence-corrected chi connectivity index (χ3v) is 4.13. The Morgan fingerprint density at radius 1 is 1.17 bits per heavy atom. The van der Waals surface area contributed by atoms with Crippen molar-refractivity contribution in [2.75, 3.05) is 13.7 Å². The van der Waals surface area contributed by atoms with Gasteiger partial charge in [0.2, 0.25) is 0 Å². The van der Waals surface area contributed by atoms with Crippen LogP contribution in [0.1, 0.15) is 50.2 Å². The summed E-state index contributed by atoms with van der Waals surface area (Å²) in [4.78, 5) is 22.5. The minimum absolute atomic E-state index is 0.0493. The highest BCUT2D eigenvalue weighted by Crippen LogP contribution is 2.25. The molecule has 0 radical (unpaired) electrons. The SMILES string of the molecule is COCC(CC1CCCCC1=O)OC(C)=O.Cc1ccc(C)cc1. The van der Waals surface area contributed by atoms with Crippen LogP contribution in [0.2, 0.25) is 0 Å². The van der Waals surface area contributed by atoms with Crippen molar-refractivity contribution in [1.82, 2.24) is 0 Å². The molecule has 2 rings (SSSR count). The summed E-state index contributed by atoms with van der Waals surface area (Å²) in [5.41, 5.74) is 2.66. The third-order valence-electron chi connectivity index (χ3n) is 4.13. The zero-order valence-electron chi connectivity index (χ0n) is 15.3. The maximum Gasteiger partial charge on any atom is 0.302 e. The number of ether oxygens (including phenoxy) is 2. The van der Waals surface area contributed by atoms with Crippen LogP contribution in [-0.2, 0) is 19.1 Å². The van der Waals surface area contributed by atoms with E-state index in [9.17, 15) is 9.59 Å². The second-order valence-corrected chi connectivity index (χ2v) is 6.49. The van der Waals surface area contributed by atoms with Crippen molar-refractivity contribution >= 4 is 11.8 Å². The molecule has 4 nitrogen and oxygen atoms in total. The predicted molar refractivity (Wildman–Crippen MR) is 94.9 cm³/mol. The Morgan fingerprint density at radius 3 is 2.21 bits per heavy atom. The molecular weight excluding hydrogens is 304 g/mol. The van der Waals surface area contributed by atoms with Gasteiger partial charge in [-0.2, -0.15) is 0 Å². The Labute approximate surface area is 145 Å². The normalized spacial score (nSPS) is 18.3. The lowest BCUT2D eigenvalue weighted by Crippen LogP contribution is -2.29. The highest BCUT2D eigenvalue weighted by molar-refractivity contribution is 5.81. The molecule has 134 valence electrons. The number of methoxy groups -OCH3 is 1. The van der Waals surface area contributed by atoms with E-state index in [0.717, 1.165) is 19.3 Å². The monoisotopic (exact) mass is 334 g/mol. The van der Waals surface area contributed by atoms with E-state index in [1.165, 1.54) is 18.1 Å². The molecule has 0 heterocycles. The summed E-state index contributed by atoms with van der Waals surface area (Å²) < 4.78 is 10.1. The number of aryl methyl sites for hydroxylation is 2. The van der Waals surface area contributed by atoms with Crippen LogP contribution in [0, 0.1) is 19.8 Å². The Hall–Kier alpha value is -1.68. The fraction of sp³-hybridized carbons (Fsp3) is 0.600. The molecule has 2 atom stereocenters. The molecule has 1 aromatic carbocycles. The second kappa shape index (κ2) is 11.0. The summed E-state index contributed by atoms with van der Waals surface area (Å²) in [6.45, 7) is 5.94. The van der Waals surface area contributed by atoms with Crippen LogP contribution in [0.25, 0.3) is 0 Å². The van der Waals surface area contributed by atoms with Crippen LogP contribution in [0.5, 0.6) is 0 Å². The van der Waals surface area contributed by atoms with Crippen molar-refractivity contribution in [1.29, 1.82) is 0 Å². The minimum Gasteiger partial charge on any atom is -0.460 e. The molecule has 0 N–H and O–H groups in total. The van der Waals surface area contributed by atoms with Gasteiger partial charge in [0, 0.05) is 26.4 Å². The Balaban J connectivity index is 0.000000300. The molecule has 0 aromatic heterocycles. The van der Waals surface area contributed by atoms with E-state index in [2.05, 4.69) is 38.1 Å². The number of esters is 1. The van der Waals surface area contributed by atoms with Gasteiger partial charge in [-0.05, 0) is 33.1 Å². The van der Waals surface area contributed by atoms with Gasteiger partial charge in [-0.1, -0.05) is 41.8 Å². The Kier molecular flexibility index (Phi) is 9.31. The van der Waals surface area contributed by atoms with Gasteiger partial charge in [0.25, 0.3) is 0 Å². The molecule has 24 heavy (non-hydrogen) atoms. The van der Waals surface area contributed by atoms with Crippen molar-refractivity contribution in [2.24, 2.45) is 5.92 Å². The number of Topliss-reactive ketones (excluding diaryl/α,β-unsaturated/α-hetero) is 1. The Bertz CT molecular complexity index is 486. The number of benzene rings is 1. The van der Waals surface area contributed by atoms with E-state index in [1.54, 1.807) is 7.11 Å². The summed E-state index contributed by atoms with van der Waals surface area (Å²) in [6, 6.07) is 8.48. The first kappa shape index (κ1) is 20.4. The lowest BCUT2D eigenvalue weighted by Gasteiger charge is -2.24. The van der Waals surface area contributed by atoms with Gasteiger partial charge in [-0.3, -0.25) is 9.59 Å². The number of carbonyl (C=O) groups excluding carboxylic acids is 2. The zero-order valence-corrected chi connectivity index (χ0v) is 15.3. The molecule has 2 unspecified atom stereocenters. The van der Waals surface area contributed by atoms with E-state index < -0.39 is 0 Å². The van der Waals surface area contributed by atoms with Gasteiger partial charge in [0.15, 0.2) is 0 Å². The van der Waals surface area contributed by atoms with Crippen LogP contribution < -0.4 is 0 Å². The highest BCUT2D eigenvalue weighted by Gasteiger charge is 2.26. The first-order valence-electron chi connectivity index (χ1n) is 8.64. The van der Waals surface area contributed by atoms with E-state index in [-0.39, 0.29) is 18.0 Å². The lowest BCUT2D eigenvalue weighted by atomic mass is 9.84. The summed E-state index contributed by atoms with van der Waals surface area (Å²) in [5.74, 6) is 0.0399. The first-order valence-corrected chi connectivity index (χ1v) is 8.64. The van der Waals surface area contributed by atoms with E-state index >= 15 is 0 Å². The predicted octanol–water partition coefficient (Wildman–Crippen LogP) is 4.02. The molecule has 1 fully saturated rings. The molecule has 0 amide bonds. The van der Waals surface area contributed by atoms with Crippen molar-refractivity contribution < 1.29 is 19.1 Å². The average molecular weight is 334 g/mol. The van der Waals surface area contributed by atoms with Crippen LogP contribution >= 0.6 is 0 Å². The van der Waals surface area contributed by atoms with Gasteiger partial charge >= 0.3 is 5.97 Å². The third kappa shape index (κ3) is 8.25. The van der Waals surface area contributed by atoms with Gasteiger partial charge in [-0.15, -0.1) is 0 Å². The summed E-state index contributed by atoms with van der Waals surface area (Å²) in [5, 5.41) is 0. The fourth-order valence-electron chi connectivity index (χ4n) is 2.83.